The molecule has 0 amide bonds. The van der Waals surface area contributed by atoms with Gasteiger partial charge in [0, 0.05) is 0 Å². The van der Waals surface area contributed by atoms with Crippen molar-refractivity contribution in [2.24, 2.45) is 0 Å². The van der Waals surface area contributed by atoms with Gasteiger partial charge in [0.15, 0.2) is 0 Å². The van der Waals surface area contributed by atoms with Crippen molar-refractivity contribution in [2.45, 2.75) is 13.0 Å². The van der Waals surface area contributed by atoms with Crippen molar-refractivity contribution in [1.29, 1.82) is 0 Å². The second kappa shape index (κ2) is 5.35. The molecule has 20 heavy (non-hydrogen) atoms. The van der Waals surface area contributed by atoms with Gasteiger partial charge >= 0.3 is 0 Å². The van der Waals surface area contributed by atoms with Gasteiger partial charge in [-0.25, -0.2) is 0 Å². The van der Waals surface area contributed by atoms with Crippen molar-refractivity contribution < 1.29 is 9.84 Å². The van der Waals surface area contributed by atoms with Gasteiger partial charge in [-0.3, -0.25) is 0 Å². The van der Waals surface area contributed by atoms with E-state index in [0.29, 0.717) is 0 Å². The highest BCUT2D eigenvalue weighted by molar-refractivity contribution is 5.83. The predicted octanol–water partition coefficient (Wildman–Crippen LogP) is 4.69. The smallest absolute Gasteiger partial charge is 0.128 e. The van der Waals surface area contributed by atoms with Crippen molar-refractivity contribution in [2.75, 3.05) is 0 Å². The molecule has 0 aliphatic carbocycles. The molecule has 3 aromatic carbocycles. The van der Waals surface area contributed by atoms with Gasteiger partial charge in [-0.1, -0.05) is 42.5 Å². The second-order valence-corrected chi connectivity index (χ2v) is 4.86. The molecule has 0 heterocycles. The van der Waals surface area contributed by atoms with Crippen LogP contribution in [0.4, 0.5) is 0 Å². The maximum absolute atomic E-state index is 9.48. The lowest BCUT2D eigenvalue weighted by Gasteiger charge is -2.09. The van der Waals surface area contributed by atoms with Crippen LogP contribution in [0.25, 0.3) is 10.8 Å². The number of fused-ring (bicyclic) bond motifs is 1. The molecule has 3 rings (SSSR count). The molecule has 0 spiro atoms. The molecule has 0 aliphatic heterocycles. The second-order valence-electron chi connectivity index (χ2n) is 4.86. The third-order valence-corrected chi connectivity index (χ3v) is 3.32. The first-order chi connectivity index (χ1) is 9.72. The van der Waals surface area contributed by atoms with E-state index in [-0.39, 0.29) is 0 Å². The average Bonchev–Trinajstić information content (AvgIpc) is 2.48. The summed E-state index contributed by atoms with van der Waals surface area (Å²) in [6, 6.07) is 21.7. The average molecular weight is 264 g/mol. The summed E-state index contributed by atoms with van der Waals surface area (Å²) in [5, 5.41) is 11.8. The Hall–Kier alpha value is -2.32. The minimum Gasteiger partial charge on any atom is -0.457 e. The molecule has 2 nitrogen and oxygen atoms in total. The highest BCUT2D eigenvalue weighted by atomic mass is 16.5. The van der Waals surface area contributed by atoms with Crippen molar-refractivity contribution >= 4 is 10.8 Å². The van der Waals surface area contributed by atoms with E-state index in [9.17, 15) is 5.11 Å². The highest BCUT2D eigenvalue weighted by Gasteiger charge is 2.02. The van der Waals surface area contributed by atoms with Crippen LogP contribution in [0.15, 0.2) is 66.7 Å². The van der Waals surface area contributed by atoms with Gasteiger partial charge in [-0.15, -0.1) is 0 Å². The largest absolute Gasteiger partial charge is 0.457 e. The van der Waals surface area contributed by atoms with E-state index in [1.807, 2.05) is 48.5 Å². The summed E-state index contributed by atoms with van der Waals surface area (Å²) in [5.74, 6) is 1.58. The first-order valence-corrected chi connectivity index (χ1v) is 6.67. The van der Waals surface area contributed by atoms with E-state index in [1.165, 1.54) is 5.39 Å². The molecular weight excluding hydrogens is 248 g/mol. The number of aliphatic hydroxyl groups excluding tert-OH is 1. The Morgan fingerprint density at radius 1 is 0.800 bits per heavy atom. The Labute approximate surface area is 118 Å². The zero-order valence-electron chi connectivity index (χ0n) is 11.3. The monoisotopic (exact) mass is 264 g/mol. The molecule has 0 radical (unpaired) electrons. The lowest BCUT2D eigenvalue weighted by Crippen LogP contribution is -1.90. The summed E-state index contributed by atoms with van der Waals surface area (Å²) in [6.45, 7) is 1.75. The molecule has 2 heteroatoms. The summed E-state index contributed by atoms with van der Waals surface area (Å²) in [7, 11) is 0. The number of benzene rings is 3. The van der Waals surface area contributed by atoms with Crippen LogP contribution in [0, 0.1) is 0 Å². The molecule has 100 valence electrons. The molecule has 0 aromatic heterocycles. The van der Waals surface area contributed by atoms with Gasteiger partial charge < -0.3 is 9.84 Å². The first kappa shape index (κ1) is 12.7. The zero-order valence-corrected chi connectivity index (χ0v) is 11.3. The quantitative estimate of drug-likeness (QED) is 0.744. The number of hydrogen-bond donors (Lipinski definition) is 1. The van der Waals surface area contributed by atoms with Crippen molar-refractivity contribution in [3.8, 4) is 11.5 Å². The van der Waals surface area contributed by atoms with Crippen LogP contribution < -0.4 is 4.74 Å². The first-order valence-electron chi connectivity index (χ1n) is 6.67. The molecule has 0 saturated carbocycles. The Morgan fingerprint density at radius 2 is 1.45 bits per heavy atom. The van der Waals surface area contributed by atoms with Crippen LogP contribution in [0.2, 0.25) is 0 Å². The number of ether oxygens (including phenoxy) is 1. The summed E-state index contributed by atoms with van der Waals surface area (Å²) >= 11 is 0. The summed E-state index contributed by atoms with van der Waals surface area (Å²) in [6.07, 6.45) is -0.454. The lowest BCUT2D eigenvalue weighted by molar-refractivity contribution is 0.199. The van der Waals surface area contributed by atoms with Crippen molar-refractivity contribution in [3.05, 3.63) is 72.3 Å². The Bertz CT molecular complexity index is 715. The summed E-state index contributed by atoms with van der Waals surface area (Å²) < 4.78 is 5.84. The van der Waals surface area contributed by atoms with E-state index >= 15 is 0 Å². The van der Waals surface area contributed by atoms with Gasteiger partial charge in [-0.05, 0) is 47.5 Å². The lowest BCUT2D eigenvalue weighted by atomic mass is 10.1. The minimum atomic E-state index is -0.454. The Kier molecular flexibility index (Phi) is 3.40. The Balaban J connectivity index is 1.85. The van der Waals surface area contributed by atoms with Crippen LogP contribution >= 0.6 is 0 Å². The van der Waals surface area contributed by atoms with Gasteiger partial charge in [0.1, 0.15) is 11.5 Å². The molecule has 1 atom stereocenters. The highest BCUT2D eigenvalue weighted by Crippen LogP contribution is 2.26. The van der Waals surface area contributed by atoms with Gasteiger partial charge in [0.25, 0.3) is 0 Å². The van der Waals surface area contributed by atoms with E-state index in [4.69, 9.17) is 4.74 Å². The molecule has 0 fully saturated rings. The number of hydrogen-bond acceptors (Lipinski definition) is 2. The van der Waals surface area contributed by atoms with E-state index < -0.39 is 6.10 Å². The van der Waals surface area contributed by atoms with E-state index in [1.54, 1.807) is 6.92 Å². The van der Waals surface area contributed by atoms with Crippen molar-refractivity contribution in [3.63, 3.8) is 0 Å². The van der Waals surface area contributed by atoms with Crippen LogP contribution in [-0.4, -0.2) is 5.11 Å². The Morgan fingerprint density at radius 3 is 2.15 bits per heavy atom. The minimum absolute atomic E-state index is 0.454. The van der Waals surface area contributed by atoms with Crippen LogP contribution in [0.5, 0.6) is 11.5 Å². The summed E-state index contributed by atoms with van der Waals surface area (Å²) in [5.41, 5.74) is 0.885. The van der Waals surface area contributed by atoms with Crippen LogP contribution in [0.1, 0.15) is 18.6 Å². The predicted molar refractivity (Wildman–Crippen MR) is 81.1 cm³/mol. The third-order valence-electron chi connectivity index (χ3n) is 3.32. The molecule has 1 unspecified atom stereocenters. The third kappa shape index (κ3) is 2.65. The maximum Gasteiger partial charge on any atom is 0.128 e. The van der Waals surface area contributed by atoms with Crippen LogP contribution in [0.3, 0.4) is 0 Å². The SMILES string of the molecule is CC(O)c1ccc(Oc2ccc3ccccc3c2)cc1. The fraction of sp³-hybridized carbons (Fsp3) is 0.111. The maximum atomic E-state index is 9.48. The zero-order chi connectivity index (χ0) is 13.9. The van der Waals surface area contributed by atoms with E-state index in [0.717, 1.165) is 22.4 Å². The van der Waals surface area contributed by atoms with Gasteiger partial charge in [0.2, 0.25) is 0 Å². The molecule has 0 aliphatic rings. The molecule has 3 aromatic rings. The van der Waals surface area contributed by atoms with Gasteiger partial charge in [0.05, 0.1) is 6.10 Å². The summed E-state index contributed by atoms with van der Waals surface area (Å²) in [4.78, 5) is 0. The fourth-order valence-electron chi connectivity index (χ4n) is 2.18. The van der Waals surface area contributed by atoms with Gasteiger partial charge in [-0.2, -0.15) is 0 Å². The molecule has 1 N–H and O–H groups in total. The normalized spacial score (nSPS) is 12.3. The van der Waals surface area contributed by atoms with Crippen LogP contribution in [-0.2, 0) is 0 Å². The molecule has 0 bridgehead atoms. The van der Waals surface area contributed by atoms with Crippen molar-refractivity contribution in [1.82, 2.24) is 0 Å². The number of rotatable bonds is 3. The topological polar surface area (TPSA) is 29.5 Å². The standard InChI is InChI=1S/C18H16O2/c1-13(19)14-6-9-17(10-7-14)20-18-11-8-15-4-2-3-5-16(15)12-18/h2-13,19H,1H3. The fourth-order valence-corrected chi connectivity index (χ4v) is 2.18. The molecular formula is C18H16O2. The number of aliphatic hydroxyl groups is 1. The van der Waals surface area contributed by atoms with E-state index in [2.05, 4.69) is 18.2 Å². The molecule has 0 saturated heterocycles.